The molecule has 0 heterocycles. The minimum absolute atomic E-state index is 0. The summed E-state index contributed by atoms with van der Waals surface area (Å²) in [5.74, 6) is -0.256. The van der Waals surface area contributed by atoms with Crippen molar-refractivity contribution >= 4 is 30.7 Å². The van der Waals surface area contributed by atoms with Crippen LogP contribution in [-0.4, -0.2) is 36.5 Å². The van der Waals surface area contributed by atoms with Gasteiger partial charge in [0.25, 0.3) is 0 Å². The SMILES string of the molecule is CN(CCNC(=O)C1(N)CCCC1)Cc1ccc(F)cc1.Cl.Cl. The van der Waals surface area contributed by atoms with Gasteiger partial charge in [0.2, 0.25) is 5.91 Å². The number of nitrogens with one attached hydrogen (secondary N) is 1. The molecule has 3 N–H and O–H groups in total. The van der Waals surface area contributed by atoms with Crippen LogP contribution in [0.25, 0.3) is 0 Å². The van der Waals surface area contributed by atoms with Crippen molar-refractivity contribution < 1.29 is 9.18 Å². The predicted octanol–water partition coefficient (Wildman–Crippen LogP) is 2.49. The standard InChI is InChI=1S/C16H24FN3O.2ClH/c1-20(12-13-4-6-14(17)7-5-13)11-10-19-15(21)16(18)8-2-3-9-16;;/h4-7H,2-3,8-12,18H2,1H3,(H,19,21);2*1H. The van der Waals surface area contributed by atoms with Crippen molar-refractivity contribution in [3.63, 3.8) is 0 Å². The fourth-order valence-electron chi connectivity index (χ4n) is 2.75. The summed E-state index contributed by atoms with van der Waals surface area (Å²) in [5.41, 5.74) is 6.49. The maximum absolute atomic E-state index is 12.8. The molecule has 0 unspecified atom stereocenters. The molecule has 0 atom stereocenters. The molecule has 4 nitrogen and oxygen atoms in total. The predicted molar refractivity (Wildman–Crippen MR) is 95.6 cm³/mol. The van der Waals surface area contributed by atoms with Gasteiger partial charge in [0.05, 0.1) is 5.54 Å². The van der Waals surface area contributed by atoms with E-state index in [0.717, 1.165) is 44.3 Å². The number of hydrogen-bond acceptors (Lipinski definition) is 3. The second-order valence-electron chi connectivity index (χ2n) is 5.98. The fraction of sp³-hybridized carbons (Fsp3) is 0.562. The highest BCUT2D eigenvalue weighted by molar-refractivity contribution is 5.86. The summed E-state index contributed by atoms with van der Waals surface area (Å²) in [6, 6.07) is 6.47. The molecule has 1 aromatic carbocycles. The molecule has 1 amide bonds. The molecule has 0 spiro atoms. The molecule has 7 heteroatoms. The molecular weight excluding hydrogens is 340 g/mol. The summed E-state index contributed by atoms with van der Waals surface area (Å²) in [6.45, 7) is 2.04. The Morgan fingerprint density at radius 2 is 1.83 bits per heavy atom. The topological polar surface area (TPSA) is 58.4 Å². The number of carbonyl (C=O) groups excluding carboxylic acids is 1. The van der Waals surface area contributed by atoms with Gasteiger partial charge in [-0.3, -0.25) is 4.79 Å². The third-order valence-corrected chi connectivity index (χ3v) is 4.09. The lowest BCUT2D eigenvalue weighted by Gasteiger charge is -2.23. The van der Waals surface area contributed by atoms with Crippen molar-refractivity contribution in [3.05, 3.63) is 35.6 Å². The zero-order valence-corrected chi connectivity index (χ0v) is 15.0. The summed E-state index contributed by atoms with van der Waals surface area (Å²) in [4.78, 5) is 14.1. The van der Waals surface area contributed by atoms with Crippen LogP contribution in [0.1, 0.15) is 31.2 Å². The molecule has 2 rings (SSSR count). The van der Waals surface area contributed by atoms with E-state index in [2.05, 4.69) is 10.2 Å². The minimum Gasteiger partial charge on any atom is -0.353 e. The Labute approximate surface area is 149 Å². The molecule has 1 saturated carbocycles. The Morgan fingerprint density at radius 1 is 1.26 bits per heavy atom. The van der Waals surface area contributed by atoms with Crippen molar-refractivity contribution in [1.29, 1.82) is 0 Å². The summed E-state index contributed by atoms with van der Waals surface area (Å²) < 4.78 is 12.8. The first-order valence-corrected chi connectivity index (χ1v) is 7.50. The summed E-state index contributed by atoms with van der Waals surface area (Å²) in [5, 5.41) is 2.93. The lowest BCUT2D eigenvalue weighted by atomic mass is 9.98. The third kappa shape index (κ3) is 6.63. The van der Waals surface area contributed by atoms with E-state index in [1.54, 1.807) is 12.1 Å². The van der Waals surface area contributed by atoms with Crippen LogP contribution >= 0.6 is 24.8 Å². The molecule has 1 aromatic rings. The Kier molecular flexibility index (Phi) is 9.70. The van der Waals surface area contributed by atoms with E-state index in [1.807, 2.05) is 7.05 Å². The number of hydrogen-bond donors (Lipinski definition) is 2. The van der Waals surface area contributed by atoms with Crippen molar-refractivity contribution in [1.82, 2.24) is 10.2 Å². The van der Waals surface area contributed by atoms with Gasteiger partial charge in [-0.05, 0) is 37.6 Å². The van der Waals surface area contributed by atoms with Gasteiger partial charge in [-0.2, -0.15) is 0 Å². The number of amides is 1. The Hall–Kier alpha value is -0.880. The lowest BCUT2D eigenvalue weighted by molar-refractivity contribution is -0.126. The monoisotopic (exact) mass is 365 g/mol. The van der Waals surface area contributed by atoms with Crippen molar-refractivity contribution in [2.24, 2.45) is 5.73 Å². The maximum atomic E-state index is 12.8. The molecule has 1 aliphatic carbocycles. The van der Waals surface area contributed by atoms with E-state index in [4.69, 9.17) is 5.73 Å². The van der Waals surface area contributed by atoms with Gasteiger partial charge in [-0.1, -0.05) is 25.0 Å². The first-order chi connectivity index (χ1) is 9.99. The molecule has 1 aliphatic rings. The van der Waals surface area contributed by atoms with Gasteiger partial charge in [0, 0.05) is 19.6 Å². The first-order valence-electron chi connectivity index (χ1n) is 7.50. The smallest absolute Gasteiger partial charge is 0.240 e. The number of likely N-dealkylation sites (N-methyl/N-ethyl adjacent to an activating group) is 1. The summed E-state index contributed by atoms with van der Waals surface area (Å²) in [6.07, 6.45) is 3.64. The molecule has 0 radical (unpaired) electrons. The largest absolute Gasteiger partial charge is 0.353 e. The Balaban J connectivity index is 0.00000242. The van der Waals surface area contributed by atoms with Crippen molar-refractivity contribution in [2.75, 3.05) is 20.1 Å². The van der Waals surface area contributed by atoms with Crippen LogP contribution in [0.4, 0.5) is 4.39 Å². The van der Waals surface area contributed by atoms with Gasteiger partial charge in [0.1, 0.15) is 5.82 Å². The van der Waals surface area contributed by atoms with E-state index >= 15 is 0 Å². The van der Waals surface area contributed by atoms with E-state index in [0.29, 0.717) is 6.54 Å². The van der Waals surface area contributed by atoms with Crippen LogP contribution in [0, 0.1) is 5.82 Å². The number of rotatable bonds is 6. The minimum atomic E-state index is -0.657. The highest BCUT2D eigenvalue weighted by Gasteiger charge is 2.36. The average Bonchev–Trinajstić information content (AvgIpc) is 2.89. The number of halogens is 3. The molecule has 0 aliphatic heterocycles. The van der Waals surface area contributed by atoms with Crippen molar-refractivity contribution in [2.45, 2.75) is 37.8 Å². The number of nitrogens with zero attached hydrogens (tertiary/aromatic N) is 1. The van der Waals surface area contributed by atoms with E-state index in [-0.39, 0.29) is 36.5 Å². The van der Waals surface area contributed by atoms with Crippen LogP contribution in [0.5, 0.6) is 0 Å². The number of benzene rings is 1. The molecule has 0 bridgehead atoms. The van der Waals surface area contributed by atoms with Gasteiger partial charge in [0.15, 0.2) is 0 Å². The van der Waals surface area contributed by atoms with E-state index in [1.165, 1.54) is 12.1 Å². The molecule has 23 heavy (non-hydrogen) atoms. The van der Waals surface area contributed by atoms with Gasteiger partial charge >= 0.3 is 0 Å². The van der Waals surface area contributed by atoms with Crippen LogP contribution in [-0.2, 0) is 11.3 Å². The normalized spacial score (nSPS) is 15.7. The van der Waals surface area contributed by atoms with E-state index < -0.39 is 5.54 Å². The average molecular weight is 366 g/mol. The van der Waals surface area contributed by atoms with Crippen LogP contribution in [0.15, 0.2) is 24.3 Å². The maximum Gasteiger partial charge on any atom is 0.240 e. The molecule has 132 valence electrons. The first kappa shape index (κ1) is 22.1. The summed E-state index contributed by atoms with van der Waals surface area (Å²) >= 11 is 0. The molecule has 0 saturated heterocycles. The van der Waals surface area contributed by atoms with Crippen LogP contribution in [0.3, 0.4) is 0 Å². The highest BCUT2D eigenvalue weighted by Crippen LogP contribution is 2.27. The number of nitrogens with two attached hydrogens (primary N) is 1. The van der Waals surface area contributed by atoms with Crippen LogP contribution in [0.2, 0.25) is 0 Å². The second-order valence-corrected chi connectivity index (χ2v) is 5.98. The van der Waals surface area contributed by atoms with E-state index in [9.17, 15) is 9.18 Å². The Morgan fingerprint density at radius 3 is 2.39 bits per heavy atom. The molecular formula is C16H26Cl2FN3O. The molecule has 1 fully saturated rings. The summed E-state index contributed by atoms with van der Waals surface area (Å²) in [7, 11) is 1.98. The Bertz CT molecular complexity index is 479. The zero-order chi connectivity index (χ0) is 15.3. The zero-order valence-electron chi connectivity index (χ0n) is 13.4. The molecule has 0 aromatic heterocycles. The van der Waals surface area contributed by atoms with Gasteiger partial charge < -0.3 is 16.0 Å². The van der Waals surface area contributed by atoms with Gasteiger partial charge in [-0.15, -0.1) is 24.8 Å². The quantitative estimate of drug-likeness (QED) is 0.813. The van der Waals surface area contributed by atoms with Gasteiger partial charge in [-0.25, -0.2) is 4.39 Å². The highest BCUT2D eigenvalue weighted by atomic mass is 35.5. The second kappa shape index (κ2) is 10.1. The number of carbonyl (C=O) groups is 1. The fourth-order valence-corrected chi connectivity index (χ4v) is 2.75. The third-order valence-electron chi connectivity index (χ3n) is 4.09. The van der Waals surface area contributed by atoms with Crippen LogP contribution < -0.4 is 11.1 Å². The van der Waals surface area contributed by atoms with Crippen molar-refractivity contribution in [3.8, 4) is 0 Å². The lowest BCUT2D eigenvalue weighted by Crippen LogP contribution is -2.52.